The molecule has 2 atom stereocenters. The molecule has 0 aromatic carbocycles. The second-order valence-electron chi connectivity index (χ2n) is 7.55. The van der Waals surface area contributed by atoms with Crippen molar-refractivity contribution in [1.29, 1.82) is 0 Å². The summed E-state index contributed by atoms with van der Waals surface area (Å²) in [4.78, 5) is 19.1. The number of nitrogens with one attached hydrogen (secondary N) is 1. The Kier molecular flexibility index (Phi) is 5.12. The monoisotopic (exact) mass is 321 g/mol. The number of rotatable bonds is 6. The maximum atomic E-state index is 11.9. The summed E-state index contributed by atoms with van der Waals surface area (Å²) < 4.78 is 4.94. The summed E-state index contributed by atoms with van der Waals surface area (Å²) in [6.45, 7) is 7.64. The molecule has 0 radical (unpaired) electrons. The minimum Gasteiger partial charge on any atom is -0.469 e. The van der Waals surface area contributed by atoms with Crippen LogP contribution in [0, 0.1) is 29.6 Å². The summed E-state index contributed by atoms with van der Waals surface area (Å²) >= 11 is 0. The fraction of sp³-hybridized carbons (Fsp3) is 0.889. The molecule has 2 aliphatic carbocycles. The molecule has 23 heavy (non-hydrogen) atoms. The largest absolute Gasteiger partial charge is 0.469 e. The van der Waals surface area contributed by atoms with Gasteiger partial charge in [-0.25, -0.2) is 0 Å². The minimum absolute atomic E-state index is 0.0356. The van der Waals surface area contributed by atoms with Crippen LogP contribution in [0.25, 0.3) is 0 Å². The van der Waals surface area contributed by atoms with Crippen molar-refractivity contribution in [3.63, 3.8) is 0 Å². The first kappa shape index (κ1) is 16.6. The molecule has 1 N–H and O–H groups in total. The van der Waals surface area contributed by atoms with E-state index >= 15 is 0 Å². The summed E-state index contributed by atoms with van der Waals surface area (Å²) in [5.74, 6) is 3.81. The number of carbonyl (C=O) groups is 1. The highest BCUT2D eigenvalue weighted by Crippen LogP contribution is 2.49. The first-order chi connectivity index (χ1) is 11.1. The fourth-order valence-corrected chi connectivity index (χ4v) is 3.95. The van der Waals surface area contributed by atoms with Crippen LogP contribution in [0.5, 0.6) is 0 Å². The molecule has 1 heterocycles. The Balaban J connectivity index is 1.63. The van der Waals surface area contributed by atoms with Gasteiger partial charge in [-0.1, -0.05) is 6.92 Å². The van der Waals surface area contributed by atoms with Crippen molar-refractivity contribution in [3.05, 3.63) is 0 Å². The van der Waals surface area contributed by atoms with Crippen LogP contribution >= 0.6 is 0 Å². The molecular weight excluding hydrogens is 290 g/mol. The SMILES string of the molecule is CCNC(=NCC(C1CC1)C1CC1)N1CC(C)C(C(=O)OC)C1. The number of likely N-dealkylation sites (tertiary alicyclic amines) is 1. The van der Waals surface area contributed by atoms with Crippen LogP contribution in [0.2, 0.25) is 0 Å². The first-order valence-electron chi connectivity index (χ1n) is 9.25. The average molecular weight is 321 g/mol. The highest BCUT2D eigenvalue weighted by molar-refractivity contribution is 5.82. The van der Waals surface area contributed by atoms with Gasteiger partial charge in [0.1, 0.15) is 0 Å². The number of ether oxygens (including phenoxy) is 1. The van der Waals surface area contributed by atoms with E-state index in [1.165, 1.54) is 32.8 Å². The Morgan fingerprint density at radius 2 is 1.91 bits per heavy atom. The van der Waals surface area contributed by atoms with Gasteiger partial charge in [0.25, 0.3) is 0 Å². The Labute approximate surface area is 139 Å². The predicted molar refractivity (Wildman–Crippen MR) is 91.2 cm³/mol. The Morgan fingerprint density at radius 1 is 1.26 bits per heavy atom. The zero-order valence-electron chi connectivity index (χ0n) is 14.8. The van der Waals surface area contributed by atoms with Gasteiger partial charge in [0.05, 0.1) is 13.0 Å². The second-order valence-corrected chi connectivity index (χ2v) is 7.55. The van der Waals surface area contributed by atoms with Gasteiger partial charge in [-0.3, -0.25) is 9.79 Å². The number of guanidine groups is 1. The smallest absolute Gasteiger partial charge is 0.310 e. The van der Waals surface area contributed by atoms with Gasteiger partial charge in [-0.15, -0.1) is 0 Å². The average Bonchev–Trinajstić information content (AvgIpc) is 3.45. The lowest BCUT2D eigenvalue weighted by molar-refractivity contribution is -0.145. The van der Waals surface area contributed by atoms with Gasteiger partial charge in [-0.05, 0) is 56.3 Å². The van der Waals surface area contributed by atoms with Crippen LogP contribution in [0.1, 0.15) is 39.5 Å². The van der Waals surface area contributed by atoms with E-state index in [1.54, 1.807) is 0 Å². The van der Waals surface area contributed by atoms with Gasteiger partial charge in [-0.2, -0.15) is 0 Å². The normalized spacial score (nSPS) is 28.3. The maximum absolute atomic E-state index is 11.9. The highest BCUT2D eigenvalue weighted by atomic mass is 16.5. The zero-order valence-corrected chi connectivity index (χ0v) is 14.8. The topological polar surface area (TPSA) is 53.9 Å². The summed E-state index contributed by atoms with van der Waals surface area (Å²) in [5, 5.41) is 3.42. The van der Waals surface area contributed by atoms with E-state index in [0.717, 1.165) is 49.9 Å². The zero-order chi connectivity index (χ0) is 16.4. The van der Waals surface area contributed by atoms with E-state index in [-0.39, 0.29) is 11.9 Å². The molecule has 5 heteroatoms. The van der Waals surface area contributed by atoms with Crippen LogP contribution in [-0.2, 0) is 9.53 Å². The molecule has 1 aliphatic heterocycles. The van der Waals surface area contributed by atoms with Gasteiger partial charge in [0.2, 0.25) is 0 Å². The van der Waals surface area contributed by atoms with Gasteiger partial charge >= 0.3 is 5.97 Å². The predicted octanol–water partition coefficient (Wildman–Crippen LogP) is 2.13. The summed E-state index contributed by atoms with van der Waals surface area (Å²) in [5.41, 5.74) is 0. The van der Waals surface area contributed by atoms with Crippen LogP contribution in [-0.4, -0.2) is 50.1 Å². The number of methoxy groups -OCH3 is 1. The number of aliphatic imine (C=N–C) groups is 1. The van der Waals surface area contributed by atoms with E-state index in [2.05, 4.69) is 24.1 Å². The molecule has 2 saturated carbocycles. The number of nitrogens with zero attached hydrogens (tertiary/aromatic N) is 2. The van der Waals surface area contributed by atoms with Gasteiger partial charge in [0, 0.05) is 26.2 Å². The molecule has 3 aliphatic rings. The second kappa shape index (κ2) is 7.10. The minimum atomic E-state index is -0.0929. The van der Waals surface area contributed by atoms with Crippen molar-refractivity contribution in [1.82, 2.24) is 10.2 Å². The van der Waals surface area contributed by atoms with Gasteiger partial charge in [0.15, 0.2) is 5.96 Å². The molecule has 0 aromatic rings. The van der Waals surface area contributed by atoms with Crippen molar-refractivity contribution in [3.8, 4) is 0 Å². The van der Waals surface area contributed by atoms with Crippen molar-refractivity contribution in [2.24, 2.45) is 34.6 Å². The standard InChI is InChI=1S/C18H31N3O2/c1-4-19-18(20-9-15(13-5-6-13)14-7-8-14)21-10-12(2)16(11-21)17(22)23-3/h12-16H,4-11H2,1-3H3,(H,19,20). The summed E-state index contributed by atoms with van der Waals surface area (Å²) in [6, 6.07) is 0. The van der Waals surface area contributed by atoms with Crippen molar-refractivity contribution >= 4 is 11.9 Å². The van der Waals surface area contributed by atoms with E-state index in [4.69, 9.17) is 9.73 Å². The molecule has 130 valence electrons. The lowest BCUT2D eigenvalue weighted by Gasteiger charge is -2.22. The number of hydrogen-bond donors (Lipinski definition) is 1. The Morgan fingerprint density at radius 3 is 2.43 bits per heavy atom. The number of esters is 1. The number of hydrogen-bond acceptors (Lipinski definition) is 3. The van der Waals surface area contributed by atoms with Crippen LogP contribution < -0.4 is 5.32 Å². The van der Waals surface area contributed by atoms with E-state index in [0.29, 0.717) is 5.92 Å². The molecule has 1 saturated heterocycles. The van der Waals surface area contributed by atoms with Crippen molar-refractivity contribution in [2.45, 2.75) is 39.5 Å². The molecular formula is C18H31N3O2. The lowest BCUT2D eigenvalue weighted by Crippen LogP contribution is -2.41. The van der Waals surface area contributed by atoms with Gasteiger partial charge < -0.3 is 15.0 Å². The van der Waals surface area contributed by atoms with Crippen molar-refractivity contribution in [2.75, 3.05) is 33.3 Å². The maximum Gasteiger partial charge on any atom is 0.310 e. The number of carbonyl (C=O) groups excluding carboxylic acids is 1. The Hall–Kier alpha value is -1.26. The summed E-state index contributed by atoms with van der Waals surface area (Å²) in [6.07, 6.45) is 5.60. The summed E-state index contributed by atoms with van der Waals surface area (Å²) in [7, 11) is 1.48. The molecule has 3 fully saturated rings. The third-order valence-electron chi connectivity index (χ3n) is 5.66. The molecule has 0 spiro atoms. The van der Waals surface area contributed by atoms with Crippen LogP contribution in [0.3, 0.4) is 0 Å². The molecule has 3 rings (SSSR count). The Bertz CT molecular complexity index is 445. The third-order valence-corrected chi connectivity index (χ3v) is 5.66. The fourth-order valence-electron chi connectivity index (χ4n) is 3.95. The first-order valence-corrected chi connectivity index (χ1v) is 9.25. The molecule has 5 nitrogen and oxygen atoms in total. The van der Waals surface area contributed by atoms with E-state index in [9.17, 15) is 4.79 Å². The molecule has 0 amide bonds. The molecule has 0 aromatic heterocycles. The highest BCUT2D eigenvalue weighted by Gasteiger charge is 2.41. The quantitative estimate of drug-likeness (QED) is 0.462. The third kappa shape index (κ3) is 3.99. The molecule has 2 unspecified atom stereocenters. The van der Waals surface area contributed by atoms with E-state index < -0.39 is 0 Å². The van der Waals surface area contributed by atoms with Crippen LogP contribution in [0.15, 0.2) is 4.99 Å². The van der Waals surface area contributed by atoms with Crippen LogP contribution in [0.4, 0.5) is 0 Å². The van der Waals surface area contributed by atoms with Crippen molar-refractivity contribution < 1.29 is 9.53 Å². The lowest BCUT2D eigenvalue weighted by atomic mass is 9.98. The molecule has 0 bridgehead atoms. The van der Waals surface area contributed by atoms with E-state index in [1.807, 2.05) is 0 Å².